The summed E-state index contributed by atoms with van der Waals surface area (Å²) in [5.74, 6) is 0.763. The number of anilines is 1. The topological polar surface area (TPSA) is 49.8 Å². The fraction of sp³-hybridized carbons (Fsp3) is 0.667. The van der Waals surface area contributed by atoms with Gasteiger partial charge in [0.15, 0.2) is 0 Å². The molecule has 2 rings (SSSR count). The van der Waals surface area contributed by atoms with Crippen LogP contribution >= 0.6 is 0 Å². The highest BCUT2D eigenvalue weighted by atomic mass is 15.1. The molecule has 1 aromatic heterocycles. The summed E-state index contributed by atoms with van der Waals surface area (Å²) < 4.78 is 0. The second-order valence-electron chi connectivity index (χ2n) is 4.57. The van der Waals surface area contributed by atoms with Gasteiger partial charge in [-0.2, -0.15) is 0 Å². The average molecular weight is 220 g/mol. The third kappa shape index (κ3) is 2.92. The number of nitrogens with one attached hydrogen (secondary N) is 2. The first kappa shape index (κ1) is 11.3. The molecule has 1 fully saturated rings. The van der Waals surface area contributed by atoms with Crippen molar-refractivity contribution in [3.8, 4) is 0 Å². The van der Waals surface area contributed by atoms with Crippen LogP contribution in [0, 0.1) is 6.92 Å². The highest BCUT2D eigenvalue weighted by Crippen LogP contribution is 2.20. The highest BCUT2D eigenvalue weighted by Gasteiger charge is 2.20. The summed E-state index contributed by atoms with van der Waals surface area (Å²) in [6, 6.07) is 1.23. The van der Waals surface area contributed by atoms with Gasteiger partial charge in [0.05, 0.1) is 0 Å². The summed E-state index contributed by atoms with van der Waals surface area (Å²) in [6.45, 7) is 2.00. The van der Waals surface area contributed by atoms with Gasteiger partial charge in [0.25, 0.3) is 0 Å². The van der Waals surface area contributed by atoms with Gasteiger partial charge in [-0.05, 0) is 45.2 Å². The Hall–Kier alpha value is -1.16. The lowest BCUT2D eigenvalue weighted by Crippen LogP contribution is -2.35. The van der Waals surface area contributed by atoms with Gasteiger partial charge in [0.2, 0.25) is 5.95 Å². The van der Waals surface area contributed by atoms with E-state index in [2.05, 4.69) is 20.6 Å². The molecule has 0 spiro atoms. The molecule has 1 aromatic rings. The molecule has 16 heavy (non-hydrogen) atoms. The molecule has 4 nitrogen and oxygen atoms in total. The van der Waals surface area contributed by atoms with Gasteiger partial charge in [-0.3, -0.25) is 0 Å². The van der Waals surface area contributed by atoms with E-state index in [4.69, 9.17) is 0 Å². The molecule has 0 aliphatic heterocycles. The fourth-order valence-corrected chi connectivity index (χ4v) is 2.18. The molecule has 1 saturated carbocycles. The maximum atomic E-state index is 4.27. The number of aryl methyl sites for hydroxylation is 1. The SMILES string of the molecule is CN[C@H]1CC[C@H](Nc2ncc(C)cn2)CC1. The van der Waals surface area contributed by atoms with E-state index < -0.39 is 0 Å². The van der Waals surface area contributed by atoms with Crippen molar-refractivity contribution >= 4 is 5.95 Å². The molecule has 1 heterocycles. The molecule has 0 saturated heterocycles. The van der Waals surface area contributed by atoms with E-state index in [-0.39, 0.29) is 0 Å². The Balaban J connectivity index is 1.84. The number of nitrogens with zero attached hydrogens (tertiary/aromatic N) is 2. The van der Waals surface area contributed by atoms with Gasteiger partial charge in [0.1, 0.15) is 0 Å². The summed E-state index contributed by atoms with van der Waals surface area (Å²) >= 11 is 0. The Morgan fingerprint density at radius 2 is 1.62 bits per heavy atom. The zero-order valence-electron chi connectivity index (χ0n) is 10.0. The van der Waals surface area contributed by atoms with Crippen molar-refractivity contribution < 1.29 is 0 Å². The van der Waals surface area contributed by atoms with Crippen molar-refractivity contribution in [2.75, 3.05) is 12.4 Å². The second kappa shape index (κ2) is 5.25. The van der Waals surface area contributed by atoms with Crippen molar-refractivity contribution in [3.05, 3.63) is 18.0 Å². The molecule has 0 unspecified atom stereocenters. The molecule has 0 radical (unpaired) electrons. The predicted octanol–water partition coefficient (Wildman–Crippen LogP) is 1.73. The first-order valence-corrected chi connectivity index (χ1v) is 6.00. The van der Waals surface area contributed by atoms with E-state index in [1.165, 1.54) is 25.7 Å². The highest BCUT2D eigenvalue weighted by molar-refractivity contribution is 5.26. The summed E-state index contributed by atoms with van der Waals surface area (Å²) in [4.78, 5) is 8.55. The van der Waals surface area contributed by atoms with Crippen molar-refractivity contribution in [1.29, 1.82) is 0 Å². The van der Waals surface area contributed by atoms with Crippen LogP contribution in [-0.2, 0) is 0 Å². The Morgan fingerprint density at radius 1 is 1.06 bits per heavy atom. The smallest absolute Gasteiger partial charge is 0.222 e. The van der Waals surface area contributed by atoms with E-state index in [1.807, 2.05) is 26.4 Å². The number of rotatable bonds is 3. The summed E-state index contributed by atoms with van der Waals surface area (Å²) in [5.41, 5.74) is 1.10. The molecule has 88 valence electrons. The Bertz CT molecular complexity index is 314. The van der Waals surface area contributed by atoms with Crippen molar-refractivity contribution in [3.63, 3.8) is 0 Å². The van der Waals surface area contributed by atoms with Crippen LogP contribution in [0.5, 0.6) is 0 Å². The minimum Gasteiger partial charge on any atom is -0.351 e. The van der Waals surface area contributed by atoms with Crippen LogP contribution in [0.1, 0.15) is 31.2 Å². The Morgan fingerprint density at radius 3 is 2.19 bits per heavy atom. The lowest BCUT2D eigenvalue weighted by molar-refractivity contribution is 0.370. The van der Waals surface area contributed by atoms with Gasteiger partial charge in [0, 0.05) is 24.5 Å². The van der Waals surface area contributed by atoms with Crippen molar-refractivity contribution in [2.45, 2.75) is 44.7 Å². The number of aromatic nitrogens is 2. The normalized spacial score (nSPS) is 25.4. The molecule has 1 aliphatic carbocycles. The minimum absolute atomic E-state index is 0.535. The second-order valence-corrected chi connectivity index (χ2v) is 4.57. The van der Waals surface area contributed by atoms with Crippen molar-refractivity contribution in [2.24, 2.45) is 0 Å². The summed E-state index contributed by atoms with van der Waals surface area (Å²) in [7, 11) is 2.04. The fourth-order valence-electron chi connectivity index (χ4n) is 2.18. The third-order valence-corrected chi connectivity index (χ3v) is 3.25. The van der Waals surface area contributed by atoms with E-state index in [0.717, 1.165) is 11.5 Å². The molecule has 0 bridgehead atoms. The molecule has 0 amide bonds. The molecule has 0 aromatic carbocycles. The zero-order valence-corrected chi connectivity index (χ0v) is 10.0. The molecule has 4 heteroatoms. The van der Waals surface area contributed by atoms with Gasteiger partial charge >= 0.3 is 0 Å². The monoisotopic (exact) mass is 220 g/mol. The van der Waals surface area contributed by atoms with Crippen LogP contribution in [0.4, 0.5) is 5.95 Å². The lowest BCUT2D eigenvalue weighted by atomic mass is 9.91. The summed E-state index contributed by atoms with van der Waals surface area (Å²) in [6.07, 6.45) is 8.58. The van der Waals surface area contributed by atoms with Gasteiger partial charge in [-0.1, -0.05) is 0 Å². The van der Waals surface area contributed by atoms with E-state index in [1.54, 1.807) is 0 Å². The average Bonchev–Trinajstić information content (AvgIpc) is 2.33. The van der Waals surface area contributed by atoms with Crippen LogP contribution in [-0.4, -0.2) is 29.1 Å². The van der Waals surface area contributed by atoms with Crippen LogP contribution in [0.15, 0.2) is 12.4 Å². The van der Waals surface area contributed by atoms with E-state index in [0.29, 0.717) is 12.1 Å². The molecule has 0 atom stereocenters. The van der Waals surface area contributed by atoms with Crippen LogP contribution in [0.3, 0.4) is 0 Å². The van der Waals surface area contributed by atoms with Crippen molar-refractivity contribution in [1.82, 2.24) is 15.3 Å². The molecule has 1 aliphatic rings. The van der Waals surface area contributed by atoms with Gasteiger partial charge in [-0.15, -0.1) is 0 Å². The van der Waals surface area contributed by atoms with E-state index in [9.17, 15) is 0 Å². The number of hydrogen-bond acceptors (Lipinski definition) is 4. The predicted molar refractivity (Wildman–Crippen MR) is 65.5 cm³/mol. The van der Waals surface area contributed by atoms with Crippen LogP contribution in [0.2, 0.25) is 0 Å². The molecule has 2 N–H and O–H groups in total. The van der Waals surface area contributed by atoms with Gasteiger partial charge in [-0.25, -0.2) is 9.97 Å². The first-order chi connectivity index (χ1) is 7.78. The van der Waals surface area contributed by atoms with E-state index >= 15 is 0 Å². The maximum Gasteiger partial charge on any atom is 0.222 e. The lowest BCUT2D eigenvalue weighted by Gasteiger charge is -2.28. The Kier molecular flexibility index (Phi) is 3.72. The molecular weight excluding hydrogens is 200 g/mol. The standard InChI is InChI=1S/C12H20N4/c1-9-7-14-12(15-8-9)16-11-5-3-10(13-2)4-6-11/h7-8,10-11,13H,3-6H2,1-2H3,(H,14,15,16)/t10-,11-. The summed E-state index contributed by atoms with van der Waals surface area (Å²) in [5, 5.41) is 6.74. The van der Waals surface area contributed by atoms with Crippen LogP contribution < -0.4 is 10.6 Å². The van der Waals surface area contributed by atoms with Gasteiger partial charge < -0.3 is 10.6 Å². The largest absolute Gasteiger partial charge is 0.351 e. The number of hydrogen-bond donors (Lipinski definition) is 2. The molecular formula is C12H20N4. The first-order valence-electron chi connectivity index (χ1n) is 6.00. The minimum atomic E-state index is 0.535. The quantitative estimate of drug-likeness (QED) is 0.814. The maximum absolute atomic E-state index is 4.27. The van der Waals surface area contributed by atoms with Crippen LogP contribution in [0.25, 0.3) is 0 Å². The third-order valence-electron chi connectivity index (χ3n) is 3.25. The zero-order chi connectivity index (χ0) is 11.4. The Labute approximate surface area is 96.9 Å².